The molecule has 0 unspecified atom stereocenters. The molecular weight excluding hydrogens is 254 g/mol. The predicted molar refractivity (Wildman–Crippen MR) is 77.4 cm³/mol. The molecule has 3 rings (SSSR count). The maximum atomic E-state index is 6.02. The van der Waals surface area contributed by atoms with E-state index in [0.717, 1.165) is 22.6 Å². The number of hydrogen-bond donors (Lipinski definition) is 1. The van der Waals surface area contributed by atoms with Crippen molar-refractivity contribution in [3.05, 3.63) is 47.5 Å². The first-order valence-electron chi connectivity index (χ1n) is 6.60. The molecule has 0 saturated heterocycles. The second-order valence-corrected chi connectivity index (χ2v) is 4.80. The minimum absolute atomic E-state index is 0.409. The van der Waals surface area contributed by atoms with E-state index in [1.807, 2.05) is 37.3 Å². The quantitative estimate of drug-likeness (QED) is 0.872. The molecule has 0 aromatic heterocycles. The van der Waals surface area contributed by atoms with Crippen molar-refractivity contribution in [3.8, 4) is 17.2 Å². The van der Waals surface area contributed by atoms with Crippen LogP contribution in [0.5, 0.6) is 17.2 Å². The molecule has 20 heavy (non-hydrogen) atoms. The zero-order valence-electron chi connectivity index (χ0n) is 11.4. The summed E-state index contributed by atoms with van der Waals surface area (Å²) in [6.45, 7) is 3.57. The van der Waals surface area contributed by atoms with Gasteiger partial charge < -0.3 is 19.9 Å². The number of nitrogens with two attached hydrogens (primary N) is 1. The molecule has 0 bridgehead atoms. The lowest BCUT2D eigenvalue weighted by Crippen LogP contribution is -2.16. The van der Waals surface area contributed by atoms with E-state index in [9.17, 15) is 0 Å². The summed E-state index contributed by atoms with van der Waals surface area (Å²) in [5.41, 5.74) is 8.74. The maximum Gasteiger partial charge on any atom is 0.163 e. The van der Waals surface area contributed by atoms with Crippen molar-refractivity contribution < 1.29 is 14.2 Å². The molecule has 0 fully saturated rings. The topological polar surface area (TPSA) is 53.7 Å². The fraction of sp³-hybridized carbons (Fsp3) is 0.250. The Morgan fingerprint density at radius 3 is 2.60 bits per heavy atom. The Morgan fingerprint density at radius 2 is 1.85 bits per heavy atom. The highest BCUT2D eigenvalue weighted by Gasteiger charge is 2.14. The SMILES string of the molecule is Cc1cccc(OCc2cc3c(cc2N)OCCO3)c1. The summed E-state index contributed by atoms with van der Waals surface area (Å²) in [6, 6.07) is 11.6. The third-order valence-electron chi connectivity index (χ3n) is 3.19. The van der Waals surface area contributed by atoms with Gasteiger partial charge >= 0.3 is 0 Å². The van der Waals surface area contributed by atoms with E-state index in [-0.39, 0.29) is 0 Å². The molecule has 0 spiro atoms. The van der Waals surface area contributed by atoms with Gasteiger partial charge in [-0.05, 0) is 30.7 Å². The zero-order valence-corrected chi connectivity index (χ0v) is 11.4. The van der Waals surface area contributed by atoms with Crippen molar-refractivity contribution in [1.82, 2.24) is 0 Å². The molecule has 2 aromatic carbocycles. The largest absolute Gasteiger partial charge is 0.489 e. The van der Waals surface area contributed by atoms with Crippen LogP contribution in [-0.4, -0.2) is 13.2 Å². The Bertz CT molecular complexity index is 625. The van der Waals surface area contributed by atoms with Gasteiger partial charge in [0, 0.05) is 17.3 Å². The summed E-state index contributed by atoms with van der Waals surface area (Å²) in [5.74, 6) is 2.26. The van der Waals surface area contributed by atoms with Gasteiger partial charge in [-0.3, -0.25) is 0 Å². The lowest BCUT2D eigenvalue weighted by atomic mass is 10.1. The van der Waals surface area contributed by atoms with Crippen molar-refractivity contribution in [2.24, 2.45) is 0 Å². The van der Waals surface area contributed by atoms with Crippen molar-refractivity contribution in [2.75, 3.05) is 18.9 Å². The highest BCUT2D eigenvalue weighted by Crippen LogP contribution is 2.34. The lowest BCUT2D eigenvalue weighted by Gasteiger charge is -2.20. The third kappa shape index (κ3) is 2.64. The van der Waals surface area contributed by atoms with E-state index in [4.69, 9.17) is 19.9 Å². The van der Waals surface area contributed by atoms with E-state index in [1.54, 1.807) is 6.07 Å². The van der Waals surface area contributed by atoms with Gasteiger partial charge in [0.05, 0.1) is 0 Å². The average molecular weight is 271 g/mol. The Kier molecular flexibility index (Phi) is 3.37. The lowest BCUT2D eigenvalue weighted by molar-refractivity contribution is 0.171. The predicted octanol–water partition coefficient (Wildman–Crippen LogP) is 2.93. The van der Waals surface area contributed by atoms with E-state index < -0.39 is 0 Å². The molecule has 4 heteroatoms. The third-order valence-corrected chi connectivity index (χ3v) is 3.19. The summed E-state index contributed by atoms with van der Waals surface area (Å²) < 4.78 is 16.8. The number of benzene rings is 2. The number of aryl methyl sites for hydroxylation is 1. The Labute approximate surface area is 118 Å². The van der Waals surface area contributed by atoms with Crippen molar-refractivity contribution in [3.63, 3.8) is 0 Å². The van der Waals surface area contributed by atoms with Gasteiger partial charge in [0.2, 0.25) is 0 Å². The zero-order chi connectivity index (χ0) is 13.9. The molecule has 1 aliphatic heterocycles. The summed E-state index contributed by atoms with van der Waals surface area (Å²) in [5, 5.41) is 0. The van der Waals surface area contributed by atoms with Gasteiger partial charge in [0.25, 0.3) is 0 Å². The van der Waals surface area contributed by atoms with Crippen LogP contribution in [0.4, 0.5) is 5.69 Å². The van der Waals surface area contributed by atoms with Crippen molar-refractivity contribution >= 4 is 5.69 Å². The monoisotopic (exact) mass is 271 g/mol. The van der Waals surface area contributed by atoms with Crippen LogP contribution in [0.15, 0.2) is 36.4 Å². The van der Waals surface area contributed by atoms with Crippen molar-refractivity contribution in [1.29, 1.82) is 0 Å². The van der Waals surface area contributed by atoms with Crippen LogP contribution in [-0.2, 0) is 6.61 Å². The molecule has 0 amide bonds. The maximum absolute atomic E-state index is 6.02. The molecule has 1 aliphatic rings. The molecule has 104 valence electrons. The number of anilines is 1. The fourth-order valence-electron chi connectivity index (χ4n) is 2.14. The molecule has 4 nitrogen and oxygen atoms in total. The van der Waals surface area contributed by atoms with E-state index in [1.165, 1.54) is 0 Å². The summed E-state index contributed by atoms with van der Waals surface area (Å²) in [7, 11) is 0. The molecule has 2 aromatic rings. The molecule has 2 N–H and O–H groups in total. The number of fused-ring (bicyclic) bond motifs is 1. The molecule has 0 saturated carbocycles. The second-order valence-electron chi connectivity index (χ2n) is 4.80. The van der Waals surface area contributed by atoms with Crippen LogP contribution in [0, 0.1) is 6.92 Å². The van der Waals surface area contributed by atoms with E-state index in [0.29, 0.717) is 31.3 Å². The Hall–Kier alpha value is -2.36. The fourth-order valence-corrected chi connectivity index (χ4v) is 2.14. The van der Waals surface area contributed by atoms with Crippen LogP contribution in [0.2, 0.25) is 0 Å². The Morgan fingerprint density at radius 1 is 1.10 bits per heavy atom. The summed E-state index contributed by atoms with van der Waals surface area (Å²) in [6.07, 6.45) is 0. The molecular formula is C16H17NO3. The smallest absolute Gasteiger partial charge is 0.163 e. The van der Waals surface area contributed by atoms with Crippen LogP contribution < -0.4 is 19.9 Å². The van der Waals surface area contributed by atoms with Crippen LogP contribution in [0.25, 0.3) is 0 Å². The van der Waals surface area contributed by atoms with Gasteiger partial charge in [-0.25, -0.2) is 0 Å². The number of nitrogen functional groups attached to an aromatic ring is 1. The van der Waals surface area contributed by atoms with Crippen LogP contribution >= 0.6 is 0 Å². The first kappa shape index (κ1) is 12.7. The average Bonchev–Trinajstić information content (AvgIpc) is 2.45. The highest BCUT2D eigenvalue weighted by atomic mass is 16.6. The first-order valence-corrected chi connectivity index (χ1v) is 6.60. The van der Waals surface area contributed by atoms with Gasteiger partial charge in [0.1, 0.15) is 25.6 Å². The number of ether oxygens (including phenoxy) is 3. The summed E-state index contributed by atoms with van der Waals surface area (Å²) >= 11 is 0. The standard InChI is InChI=1S/C16H17NO3/c1-11-3-2-4-13(7-11)20-10-12-8-15-16(9-14(12)17)19-6-5-18-15/h2-4,7-9H,5-6,10,17H2,1H3. The van der Waals surface area contributed by atoms with Gasteiger partial charge in [-0.15, -0.1) is 0 Å². The van der Waals surface area contributed by atoms with Crippen LogP contribution in [0.3, 0.4) is 0 Å². The molecule has 0 atom stereocenters. The summed E-state index contributed by atoms with van der Waals surface area (Å²) in [4.78, 5) is 0. The minimum Gasteiger partial charge on any atom is -0.489 e. The molecule has 1 heterocycles. The number of hydrogen-bond acceptors (Lipinski definition) is 4. The van der Waals surface area contributed by atoms with Gasteiger partial charge in [-0.1, -0.05) is 12.1 Å². The highest BCUT2D eigenvalue weighted by molar-refractivity contribution is 5.58. The molecule has 0 aliphatic carbocycles. The van der Waals surface area contributed by atoms with Crippen molar-refractivity contribution in [2.45, 2.75) is 13.5 Å². The Balaban J connectivity index is 1.77. The molecule has 0 radical (unpaired) electrons. The van der Waals surface area contributed by atoms with Gasteiger partial charge in [0.15, 0.2) is 11.5 Å². The number of rotatable bonds is 3. The van der Waals surface area contributed by atoms with Gasteiger partial charge in [-0.2, -0.15) is 0 Å². The van der Waals surface area contributed by atoms with E-state index in [2.05, 4.69) is 0 Å². The minimum atomic E-state index is 0.409. The first-order chi connectivity index (χ1) is 9.72. The second kappa shape index (κ2) is 5.33. The van der Waals surface area contributed by atoms with Crippen LogP contribution in [0.1, 0.15) is 11.1 Å². The normalized spacial score (nSPS) is 13.1. The van der Waals surface area contributed by atoms with E-state index >= 15 is 0 Å².